The zero-order valence-corrected chi connectivity index (χ0v) is 18.9. The van der Waals surface area contributed by atoms with E-state index < -0.39 is 10.0 Å². The van der Waals surface area contributed by atoms with Crippen LogP contribution < -0.4 is 5.32 Å². The standard InChI is InChI=1S/C24H30N2O3S/c1-17-8-10-18(11-9-17)22(27)25-19-6-5-7-21(12-19)30(28,29)26-16-24(4)14-20(26)13-23(2,3)15-24/h5-12,20H,13-16H2,1-4H3,(H,25,27). The molecule has 2 aliphatic rings. The lowest BCUT2D eigenvalue weighted by Crippen LogP contribution is -2.37. The summed E-state index contributed by atoms with van der Waals surface area (Å²) in [4.78, 5) is 12.8. The summed E-state index contributed by atoms with van der Waals surface area (Å²) < 4.78 is 28.7. The Balaban J connectivity index is 1.57. The molecule has 30 heavy (non-hydrogen) atoms. The number of carbonyl (C=O) groups excluding carboxylic acids is 1. The number of nitrogens with zero attached hydrogens (tertiary/aromatic N) is 1. The van der Waals surface area contributed by atoms with Crippen LogP contribution in [0, 0.1) is 17.8 Å². The highest BCUT2D eigenvalue weighted by Crippen LogP contribution is 2.53. The molecule has 160 valence electrons. The van der Waals surface area contributed by atoms with Crippen LogP contribution in [0.25, 0.3) is 0 Å². The smallest absolute Gasteiger partial charge is 0.255 e. The van der Waals surface area contributed by atoms with Crippen LogP contribution in [0.3, 0.4) is 0 Å². The van der Waals surface area contributed by atoms with E-state index in [9.17, 15) is 13.2 Å². The van der Waals surface area contributed by atoms with Gasteiger partial charge in [0, 0.05) is 23.8 Å². The van der Waals surface area contributed by atoms with Gasteiger partial charge < -0.3 is 5.32 Å². The number of carbonyl (C=O) groups is 1. The van der Waals surface area contributed by atoms with Crippen molar-refractivity contribution in [1.29, 1.82) is 0 Å². The van der Waals surface area contributed by atoms with Crippen LogP contribution in [0.5, 0.6) is 0 Å². The molecule has 2 unspecified atom stereocenters. The van der Waals surface area contributed by atoms with Crippen LogP contribution >= 0.6 is 0 Å². The van der Waals surface area contributed by atoms with Gasteiger partial charge in [0.1, 0.15) is 0 Å². The van der Waals surface area contributed by atoms with Crippen molar-refractivity contribution in [3.63, 3.8) is 0 Å². The summed E-state index contributed by atoms with van der Waals surface area (Å²) >= 11 is 0. The first-order chi connectivity index (χ1) is 14.0. The number of hydrogen-bond donors (Lipinski definition) is 1. The van der Waals surface area contributed by atoms with Crippen molar-refractivity contribution in [3.05, 3.63) is 59.7 Å². The minimum absolute atomic E-state index is 0.0246. The average molecular weight is 427 g/mol. The molecular formula is C24H30N2O3S. The van der Waals surface area contributed by atoms with E-state index in [1.54, 1.807) is 40.7 Å². The second-order valence-electron chi connectivity index (χ2n) is 10.1. The molecule has 1 N–H and O–H groups in total. The van der Waals surface area contributed by atoms with E-state index >= 15 is 0 Å². The number of sulfonamides is 1. The third-order valence-corrected chi connectivity index (χ3v) is 8.27. The van der Waals surface area contributed by atoms with E-state index in [0.717, 1.165) is 24.8 Å². The Hall–Kier alpha value is -2.18. The number of rotatable bonds is 4. The van der Waals surface area contributed by atoms with Crippen molar-refractivity contribution in [2.75, 3.05) is 11.9 Å². The molecule has 1 amide bonds. The summed E-state index contributed by atoms with van der Waals surface area (Å²) in [7, 11) is -3.63. The van der Waals surface area contributed by atoms with E-state index in [1.807, 2.05) is 19.1 Å². The molecule has 0 spiro atoms. The van der Waals surface area contributed by atoms with Gasteiger partial charge in [-0.1, -0.05) is 44.5 Å². The van der Waals surface area contributed by atoms with Gasteiger partial charge in [-0.3, -0.25) is 4.79 Å². The first-order valence-electron chi connectivity index (χ1n) is 10.5. The van der Waals surface area contributed by atoms with E-state index in [-0.39, 0.29) is 27.7 Å². The second kappa shape index (κ2) is 7.20. The Morgan fingerprint density at radius 3 is 2.47 bits per heavy atom. The van der Waals surface area contributed by atoms with Crippen molar-refractivity contribution < 1.29 is 13.2 Å². The van der Waals surface area contributed by atoms with Crippen LogP contribution in [0.15, 0.2) is 53.4 Å². The van der Waals surface area contributed by atoms with E-state index in [4.69, 9.17) is 0 Å². The molecule has 1 saturated heterocycles. The Labute approximate surface area is 179 Å². The lowest BCUT2D eigenvalue weighted by atomic mass is 9.65. The minimum atomic E-state index is -3.63. The highest BCUT2D eigenvalue weighted by atomic mass is 32.2. The molecule has 2 bridgehead atoms. The molecule has 0 aromatic heterocycles. The first-order valence-corrected chi connectivity index (χ1v) is 11.9. The molecule has 1 aliphatic heterocycles. The molecule has 2 aromatic carbocycles. The maximum absolute atomic E-state index is 13.5. The van der Waals surface area contributed by atoms with Crippen molar-refractivity contribution in [1.82, 2.24) is 4.31 Å². The molecule has 6 heteroatoms. The molecule has 2 atom stereocenters. The van der Waals surface area contributed by atoms with Crippen LogP contribution in [-0.4, -0.2) is 31.2 Å². The Bertz CT molecular complexity index is 1080. The van der Waals surface area contributed by atoms with Gasteiger partial charge in [0.25, 0.3) is 5.91 Å². The van der Waals surface area contributed by atoms with Crippen molar-refractivity contribution >= 4 is 21.6 Å². The van der Waals surface area contributed by atoms with Gasteiger partial charge in [-0.25, -0.2) is 8.42 Å². The average Bonchev–Trinajstić information content (AvgIpc) is 2.92. The number of nitrogens with one attached hydrogen (secondary N) is 1. The quantitative estimate of drug-likeness (QED) is 0.761. The fourth-order valence-electron chi connectivity index (χ4n) is 5.47. The van der Waals surface area contributed by atoms with Crippen molar-refractivity contribution in [2.45, 2.75) is 57.9 Å². The van der Waals surface area contributed by atoms with E-state index in [2.05, 4.69) is 26.1 Å². The lowest BCUT2D eigenvalue weighted by Gasteiger charge is -2.39. The van der Waals surface area contributed by atoms with E-state index in [0.29, 0.717) is 17.8 Å². The number of aryl methyl sites for hydroxylation is 1. The largest absolute Gasteiger partial charge is 0.322 e. The molecule has 5 nitrogen and oxygen atoms in total. The molecular weight excluding hydrogens is 396 g/mol. The maximum Gasteiger partial charge on any atom is 0.255 e. The zero-order chi connectivity index (χ0) is 21.7. The number of anilines is 1. The summed E-state index contributed by atoms with van der Waals surface area (Å²) in [6.45, 7) is 9.19. The maximum atomic E-state index is 13.5. The highest BCUT2D eigenvalue weighted by Gasteiger charge is 2.53. The van der Waals surface area contributed by atoms with Gasteiger partial charge in [-0.15, -0.1) is 0 Å². The predicted octanol–water partition coefficient (Wildman–Crippen LogP) is 4.84. The van der Waals surface area contributed by atoms with Gasteiger partial charge in [0.15, 0.2) is 0 Å². The van der Waals surface area contributed by atoms with Gasteiger partial charge in [0.2, 0.25) is 10.0 Å². The van der Waals surface area contributed by atoms with Crippen LogP contribution in [0.1, 0.15) is 56.0 Å². The first kappa shape index (κ1) is 21.1. The Morgan fingerprint density at radius 2 is 1.77 bits per heavy atom. The minimum Gasteiger partial charge on any atom is -0.322 e. The summed E-state index contributed by atoms with van der Waals surface area (Å²) in [6.07, 6.45) is 2.83. The summed E-state index contributed by atoms with van der Waals surface area (Å²) in [5.41, 5.74) is 2.27. The Morgan fingerprint density at radius 1 is 1.07 bits per heavy atom. The van der Waals surface area contributed by atoms with Crippen molar-refractivity contribution in [2.24, 2.45) is 10.8 Å². The highest BCUT2D eigenvalue weighted by molar-refractivity contribution is 7.89. The molecule has 1 heterocycles. The Kier molecular flexibility index (Phi) is 5.06. The SMILES string of the molecule is Cc1ccc(C(=O)Nc2cccc(S(=O)(=O)N3CC4(C)CC3CC(C)(C)C4)c2)cc1. The van der Waals surface area contributed by atoms with E-state index in [1.165, 1.54) is 0 Å². The normalized spacial score (nSPS) is 25.8. The molecule has 0 radical (unpaired) electrons. The molecule has 2 fully saturated rings. The number of amides is 1. The second-order valence-corrected chi connectivity index (χ2v) is 12.0. The third-order valence-electron chi connectivity index (χ3n) is 6.38. The lowest BCUT2D eigenvalue weighted by molar-refractivity contribution is 0.102. The zero-order valence-electron chi connectivity index (χ0n) is 18.1. The van der Waals surface area contributed by atoms with Gasteiger partial charge in [-0.05, 0) is 67.3 Å². The molecule has 1 aliphatic carbocycles. The third kappa shape index (κ3) is 4.03. The summed E-state index contributed by atoms with van der Waals surface area (Å²) in [6, 6.07) is 13.9. The fourth-order valence-corrected chi connectivity index (χ4v) is 7.29. The van der Waals surface area contributed by atoms with Crippen molar-refractivity contribution in [3.8, 4) is 0 Å². The van der Waals surface area contributed by atoms with Crippen LogP contribution in [0.4, 0.5) is 5.69 Å². The number of hydrogen-bond acceptors (Lipinski definition) is 3. The fraction of sp³-hybridized carbons (Fsp3) is 0.458. The summed E-state index contributed by atoms with van der Waals surface area (Å²) in [5.74, 6) is -0.254. The predicted molar refractivity (Wildman–Crippen MR) is 119 cm³/mol. The monoisotopic (exact) mass is 426 g/mol. The molecule has 1 saturated carbocycles. The van der Waals surface area contributed by atoms with Crippen LogP contribution in [-0.2, 0) is 10.0 Å². The topological polar surface area (TPSA) is 66.5 Å². The van der Waals surface area contributed by atoms with Gasteiger partial charge >= 0.3 is 0 Å². The summed E-state index contributed by atoms with van der Waals surface area (Å²) in [5, 5.41) is 2.83. The molecule has 4 rings (SSSR count). The number of benzene rings is 2. The van der Waals surface area contributed by atoms with Crippen LogP contribution in [0.2, 0.25) is 0 Å². The van der Waals surface area contributed by atoms with Gasteiger partial charge in [-0.2, -0.15) is 4.31 Å². The van der Waals surface area contributed by atoms with Gasteiger partial charge in [0.05, 0.1) is 4.90 Å². The number of fused-ring (bicyclic) bond motifs is 2. The molecule has 2 aromatic rings.